The van der Waals surface area contributed by atoms with Crippen molar-refractivity contribution in [2.45, 2.75) is 25.2 Å². The SMILES string of the molecule is CC(C(=O)N(C)C)N(Cc1cccs1)c1ccc(C#N)c(C(F)(F)P)c1. The number of thiophene rings is 1. The number of benzene rings is 1. The van der Waals surface area contributed by atoms with Crippen LogP contribution in [-0.4, -0.2) is 30.9 Å². The maximum absolute atomic E-state index is 13.9. The predicted molar refractivity (Wildman–Crippen MR) is 103 cm³/mol. The first-order valence-electron chi connectivity index (χ1n) is 7.86. The van der Waals surface area contributed by atoms with E-state index in [9.17, 15) is 13.6 Å². The van der Waals surface area contributed by atoms with Gasteiger partial charge in [0, 0.05) is 30.2 Å². The Kier molecular flexibility index (Phi) is 6.33. The molecule has 8 heteroatoms. The summed E-state index contributed by atoms with van der Waals surface area (Å²) >= 11 is 1.53. The van der Waals surface area contributed by atoms with Crippen LogP contribution in [0.4, 0.5) is 14.5 Å². The second-order valence-electron chi connectivity index (χ2n) is 6.08. The van der Waals surface area contributed by atoms with Crippen molar-refractivity contribution in [3.05, 3.63) is 51.7 Å². The van der Waals surface area contributed by atoms with E-state index in [0.717, 1.165) is 4.88 Å². The van der Waals surface area contributed by atoms with E-state index in [4.69, 9.17) is 5.26 Å². The summed E-state index contributed by atoms with van der Waals surface area (Å²) < 4.78 is 27.9. The highest BCUT2D eigenvalue weighted by molar-refractivity contribution is 7.17. The summed E-state index contributed by atoms with van der Waals surface area (Å²) in [5.41, 5.74) is -3.22. The molecule has 2 atom stereocenters. The molecule has 0 aliphatic heterocycles. The molecule has 4 nitrogen and oxygen atoms in total. The van der Waals surface area contributed by atoms with Gasteiger partial charge in [-0.1, -0.05) is 15.3 Å². The topological polar surface area (TPSA) is 47.3 Å². The Hall–Kier alpha value is -2.03. The number of anilines is 1. The number of hydrogen-bond acceptors (Lipinski definition) is 4. The molecule has 0 N–H and O–H groups in total. The maximum Gasteiger partial charge on any atom is 0.285 e. The van der Waals surface area contributed by atoms with Gasteiger partial charge in [-0.2, -0.15) is 14.0 Å². The fourth-order valence-corrected chi connectivity index (χ4v) is 3.55. The van der Waals surface area contributed by atoms with Crippen molar-refractivity contribution in [1.82, 2.24) is 4.90 Å². The minimum atomic E-state index is -3.23. The molecule has 2 aromatic rings. The Bertz CT molecular complexity index is 813. The Morgan fingerprint density at radius 2 is 2.08 bits per heavy atom. The highest BCUT2D eigenvalue weighted by Gasteiger charge is 2.30. The third-order valence-corrected chi connectivity index (χ3v) is 5.16. The molecule has 26 heavy (non-hydrogen) atoms. The molecule has 0 spiro atoms. The molecule has 0 aliphatic carbocycles. The van der Waals surface area contributed by atoms with Gasteiger partial charge in [-0.05, 0) is 36.6 Å². The van der Waals surface area contributed by atoms with Crippen molar-refractivity contribution < 1.29 is 13.6 Å². The number of nitrogens with zero attached hydrogens (tertiary/aromatic N) is 3. The second kappa shape index (κ2) is 8.11. The summed E-state index contributed by atoms with van der Waals surface area (Å²) in [4.78, 5) is 16.7. The number of nitriles is 1. The lowest BCUT2D eigenvalue weighted by molar-refractivity contribution is -0.129. The van der Waals surface area contributed by atoms with Gasteiger partial charge in [0.05, 0.1) is 18.2 Å². The first-order valence-corrected chi connectivity index (χ1v) is 9.32. The van der Waals surface area contributed by atoms with Crippen LogP contribution in [0.15, 0.2) is 35.7 Å². The maximum atomic E-state index is 13.9. The first kappa shape index (κ1) is 20.3. The highest BCUT2D eigenvalue weighted by atomic mass is 32.1. The molecule has 2 rings (SSSR count). The predicted octanol–water partition coefficient (Wildman–Crippen LogP) is 4.03. The number of carbonyl (C=O) groups excluding carboxylic acids is 1. The number of alkyl halides is 2. The van der Waals surface area contributed by atoms with Crippen LogP contribution in [0.2, 0.25) is 0 Å². The third-order valence-electron chi connectivity index (χ3n) is 3.99. The van der Waals surface area contributed by atoms with E-state index in [0.29, 0.717) is 12.2 Å². The Balaban J connectivity index is 2.51. The van der Waals surface area contributed by atoms with Crippen LogP contribution in [0, 0.1) is 11.3 Å². The Morgan fingerprint density at radius 1 is 1.38 bits per heavy atom. The van der Waals surface area contributed by atoms with Crippen LogP contribution in [0.3, 0.4) is 0 Å². The van der Waals surface area contributed by atoms with E-state index in [1.165, 1.54) is 37.6 Å². The number of hydrogen-bond donors (Lipinski definition) is 0. The van der Waals surface area contributed by atoms with Crippen molar-refractivity contribution in [3.8, 4) is 6.07 Å². The van der Waals surface area contributed by atoms with Gasteiger partial charge >= 0.3 is 0 Å². The number of halogens is 2. The number of carbonyl (C=O) groups is 1. The van der Waals surface area contributed by atoms with Crippen LogP contribution in [0.25, 0.3) is 0 Å². The fourth-order valence-electron chi connectivity index (χ4n) is 2.61. The molecule has 0 saturated heterocycles. The van der Waals surface area contributed by atoms with Crippen LogP contribution in [-0.2, 0) is 17.0 Å². The van der Waals surface area contributed by atoms with E-state index in [2.05, 4.69) is 0 Å². The van der Waals surface area contributed by atoms with Gasteiger partial charge in [0.1, 0.15) is 6.04 Å². The highest BCUT2D eigenvalue weighted by Crippen LogP contribution is 2.39. The lowest BCUT2D eigenvalue weighted by Crippen LogP contribution is -2.44. The number of rotatable bonds is 6. The van der Waals surface area contributed by atoms with Crippen molar-refractivity contribution in [3.63, 3.8) is 0 Å². The average Bonchev–Trinajstić information content (AvgIpc) is 3.10. The molecule has 0 radical (unpaired) electrons. The Morgan fingerprint density at radius 3 is 2.58 bits per heavy atom. The standard InChI is InChI=1S/C18H20F2N3OPS/c1-12(17(24)22(2)3)23(11-15-5-4-8-26-15)14-7-6-13(10-21)16(9-14)18(19,20)25/h4-9,12H,11,25H2,1-3H3. The molecule has 0 aliphatic rings. The zero-order valence-electron chi connectivity index (χ0n) is 14.7. The van der Waals surface area contributed by atoms with Gasteiger partial charge in [0.15, 0.2) is 0 Å². The third kappa shape index (κ3) is 4.57. The molecule has 0 fully saturated rings. The normalized spacial score (nSPS) is 12.3. The monoisotopic (exact) mass is 395 g/mol. The fraction of sp³-hybridized carbons (Fsp3) is 0.333. The molecule has 1 amide bonds. The first-order chi connectivity index (χ1) is 12.1. The number of likely N-dealkylation sites (N-methyl/N-ethyl adjacent to an activating group) is 1. The smallest absolute Gasteiger partial charge is 0.285 e. The molecule has 0 saturated carbocycles. The van der Waals surface area contributed by atoms with Gasteiger partial charge in [-0.15, -0.1) is 11.3 Å². The van der Waals surface area contributed by atoms with Crippen LogP contribution >= 0.6 is 20.6 Å². The summed E-state index contributed by atoms with van der Waals surface area (Å²) in [5.74, 6) is -0.134. The summed E-state index contributed by atoms with van der Waals surface area (Å²) in [6, 6.07) is 9.34. The van der Waals surface area contributed by atoms with Gasteiger partial charge in [0.2, 0.25) is 5.91 Å². The second-order valence-corrected chi connectivity index (χ2v) is 7.84. The summed E-state index contributed by atoms with van der Waals surface area (Å²) in [5, 5.41) is 11.0. The quantitative estimate of drug-likeness (QED) is 0.694. The summed E-state index contributed by atoms with van der Waals surface area (Å²) in [6.45, 7) is 2.15. The molecule has 1 aromatic carbocycles. The van der Waals surface area contributed by atoms with E-state index >= 15 is 0 Å². The largest absolute Gasteiger partial charge is 0.355 e. The van der Waals surface area contributed by atoms with Crippen LogP contribution < -0.4 is 4.90 Å². The summed E-state index contributed by atoms with van der Waals surface area (Å²) in [6.07, 6.45) is 0. The lowest BCUT2D eigenvalue weighted by Gasteiger charge is -2.32. The molecular weight excluding hydrogens is 375 g/mol. The van der Waals surface area contributed by atoms with E-state index in [1.54, 1.807) is 38.1 Å². The van der Waals surface area contributed by atoms with E-state index in [1.807, 2.05) is 17.5 Å². The zero-order valence-corrected chi connectivity index (χ0v) is 16.7. The molecule has 0 bridgehead atoms. The molecule has 1 aromatic heterocycles. The number of amides is 1. The van der Waals surface area contributed by atoms with Crippen molar-refractivity contribution in [2.24, 2.45) is 0 Å². The van der Waals surface area contributed by atoms with Crippen molar-refractivity contribution in [1.29, 1.82) is 5.26 Å². The van der Waals surface area contributed by atoms with E-state index in [-0.39, 0.29) is 17.0 Å². The Labute approximate surface area is 158 Å². The van der Waals surface area contributed by atoms with E-state index < -0.39 is 11.7 Å². The molecule has 138 valence electrons. The zero-order chi connectivity index (χ0) is 19.5. The van der Waals surface area contributed by atoms with Gasteiger partial charge in [-0.3, -0.25) is 4.79 Å². The van der Waals surface area contributed by atoms with Gasteiger partial charge in [-0.25, -0.2) is 0 Å². The van der Waals surface area contributed by atoms with Crippen molar-refractivity contribution >= 4 is 32.2 Å². The van der Waals surface area contributed by atoms with Crippen LogP contribution in [0.1, 0.15) is 22.9 Å². The van der Waals surface area contributed by atoms with Gasteiger partial charge in [0.25, 0.3) is 5.66 Å². The molecular formula is C18H20F2N3OPS. The summed E-state index contributed by atoms with van der Waals surface area (Å²) in [7, 11) is 4.78. The molecule has 1 heterocycles. The average molecular weight is 395 g/mol. The minimum absolute atomic E-state index is 0.0867. The van der Waals surface area contributed by atoms with Crippen molar-refractivity contribution in [2.75, 3.05) is 19.0 Å². The van der Waals surface area contributed by atoms with Gasteiger partial charge < -0.3 is 9.80 Å². The lowest BCUT2D eigenvalue weighted by atomic mass is 10.1. The van der Waals surface area contributed by atoms with Crippen LogP contribution in [0.5, 0.6) is 0 Å². The molecule has 2 unspecified atom stereocenters. The minimum Gasteiger partial charge on any atom is -0.355 e.